The first-order valence-electron chi connectivity index (χ1n) is 5.20. The van der Waals surface area contributed by atoms with Crippen LogP contribution in [-0.4, -0.2) is 17.3 Å². The molecular weight excluding hydrogens is 249 g/mol. The predicted octanol–water partition coefficient (Wildman–Crippen LogP) is 2.88. The summed E-state index contributed by atoms with van der Waals surface area (Å²) in [6.07, 6.45) is -6.27. The summed E-state index contributed by atoms with van der Waals surface area (Å²) in [5.74, 6) is 0.0685. The molecule has 1 aromatic carbocycles. The Morgan fingerprint density at radius 1 is 1.44 bits per heavy atom. The molecule has 4 nitrogen and oxygen atoms in total. The number of rotatable bonds is 3. The molecule has 18 heavy (non-hydrogen) atoms. The van der Waals surface area contributed by atoms with E-state index in [1.807, 2.05) is 0 Å². The molecule has 0 bridgehead atoms. The fourth-order valence-electron chi connectivity index (χ4n) is 1.37. The van der Waals surface area contributed by atoms with Gasteiger partial charge in [-0.3, -0.25) is 0 Å². The molecule has 0 spiro atoms. The van der Waals surface area contributed by atoms with Crippen LogP contribution in [-0.2, 0) is 11.3 Å². The summed E-state index contributed by atoms with van der Waals surface area (Å²) < 4.78 is 46.5. The molecule has 1 unspecified atom stereocenters. The summed E-state index contributed by atoms with van der Waals surface area (Å²) >= 11 is 0. The van der Waals surface area contributed by atoms with Crippen LogP contribution in [0.2, 0.25) is 0 Å². The zero-order valence-corrected chi connectivity index (χ0v) is 9.49. The second-order valence-electron chi connectivity index (χ2n) is 3.80. The van der Waals surface area contributed by atoms with Gasteiger partial charge in [0.1, 0.15) is 12.1 Å². The summed E-state index contributed by atoms with van der Waals surface area (Å²) in [5, 5.41) is 0. The van der Waals surface area contributed by atoms with Crippen LogP contribution in [0.3, 0.4) is 0 Å². The average Bonchev–Trinajstić information content (AvgIpc) is 2.69. The fraction of sp³-hybridized carbons (Fsp3) is 0.364. The number of alkyl halides is 3. The topological polar surface area (TPSA) is 61.3 Å². The van der Waals surface area contributed by atoms with Crippen LogP contribution >= 0.6 is 0 Å². The van der Waals surface area contributed by atoms with Gasteiger partial charge in [0.05, 0.1) is 5.69 Å². The minimum Gasteiger partial charge on any atom is -0.438 e. The van der Waals surface area contributed by atoms with Crippen LogP contribution < -0.4 is 5.73 Å². The van der Waals surface area contributed by atoms with Gasteiger partial charge in [-0.25, -0.2) is 4.98 Å². The predicted molar refractivity (Wildman–Crippen MR) is 58.7 cm³/mol. The van der Waals surface area contributed by atoms with E-state index in [0.717, 1.165) is 6.92 Å². The van der Waals surface area contributed by atoms with E-state index in [1.165, 1.54) is 0 Å². The number of hydrogen-bond donors (Lipinski definition) is 1. The fourth-order valence-corrected chi connectivity index (χ4v) is 1.37. The number of nitrogens with zero attached hydrogens (tertiary/aromatic N) is 1. The summed E-state index contributed by atoms with van der Waals surface area (Å²) in [6.45, 7) is 0.575. The highest BCUT2D eigenvalue weighted by Crippen LogP contribution is 2.25. The number of halogens is 3. The number of nitrogen functional groups attached to an aromatic ring is 1. The lowest BCUT2D eigenvalue weighted by Crippen LogP contribution is -2.28. The molecular formula is C11H11F3N2O2. The summed E-state index contributed by atoms with van der Waals surface area (Å²) in [6, 6.07) is 4.94. The maximum Gasteiger partial charge on any atom is 0.414 e. The molecule has 0 aliphatic heterocycles. The Labute approximate surface area is 101 Å². The summed E-state index contributed by atoms with van der Waals surface area (Å²) in [4.78, 5) is 3.98. The van der Waals surface area contributed by atoms with E-state index < -0.39 is 12.3 Å². The summed E-state index contributed by atoms with van der Waals surface area (Å²) in [7, 11) is 0. The molecule has 1 aromatic heterocycles. The minimum atomic E-state index is -4.40. The standard InChI is InChI=1S/C11H11F3N2O2/c1-6(11(12,13)14)17-5-9-16-10-7(15)3-2-4-8(10)18-9/h2-4,6H,5,15H2,1H3. The zero-order valence-electron chi connectivity index (χ0n) is 9.49. The molecule has 2 N–H and O–H groups in total. The number of aromatic nitrogens is 1. The van der Waals surface area contributed by atoms with E-state index in [4.69, 9.17) is 10.2 Å². The second kappa shape index (κ2) is 4.49. The van der Waals surface area contributed by atoms with Crippen molar-refractivity contribution in [1.82, 2.24) is 4.98 Å². The van der Waals surface area contributed by atoms with Crippen molar-refractivity contribution in [3.05, 3.63) is 24.1 Å². The van der Waals surface area contributed by atoms with Crippen LogP contribution in [0.5, 0.6) is 0 Å². The Balaban J connectivity index is 2.11. The van der Waals surface area contributed by atoms with E-state index in [2.05, 4.69) is 9.72 Å². The average molecular weight is 260 g/mol. The largest absolute Gasteiger partial charge is 0.438 e. The van der Waals surface area contributed by atoms with Crippen LogP contribution in [0.15, 0.2) is 22.6 Å². The number of benzene rings is 1. The lowest BCUT2D eigenvalue weighted by Gasteiger charge is -2.14. The molecule has 1 heterocycles. The first kappa shape index (κ1) is 12.7. The van der Waals surface area contributed by atoms with Gasteiger partial charge in [0, 0.05) is 0 Å². The molecule has 2 rings (SSSR count). The smallest absolute Gasteiger partial charge is 0.414 e. The van der Waals surface area contributed by atoms with Crippen molar-refractivity contribution >= 4 is 16.8 Å². The summed E-state index contributed by atoms with van der Waals surface area (Å²) in [5.41, 5.74) is 6.91. The zero-order chi connectivity index (χ0) is 13.3. The molecule has 0 aliphatic carbocycles. The highest BCUT2D eigenvalue weighted by atomic mass is 19.4. The lowest BCUT2D eigenvalue weighted by atomic mass is 10.3. The van der Waals surface area contributed by atoms with Crippen molar-refractivity contribution in [2.45, 2.75) is 25.8 Å². The van der Waals surface area contributed by atoms with Gasteiger partial charge in [-0.1, -0.05) is 6.07 Å². The first-order chi connectivity index (χ1) is 8.38. The SMILES string of the molecule is CC(OCc1nc2c(N)cccc2o1)C(F)(F)F. The molecule has 0 amide bonds. The third kappa shape index (κ3) is 2.56. The molecule has 0 saturated carbocycles. The van der Waals surface area contributed by atoms with E-state index in [9.17, 15) is 13.2 Å². The molecule has 0 saturated heterocycles. The van der Waals surface area contributed by atoms with Crippen LogP contribution in [0, 0.1) is 0 Å². The van der Waals surface area contributed by atoms with E-state index in [0.29, 0.717) is 16.8 Å². The van der Waals surface area contributed by atoms with Crippen LogP contribution in [0.1, 0.15) is 12.8 Å². The van der Waals surface area contributed by atoms with Gasteiger partial charge in [-0.2, -0.15) is 13.2 Å². The monoisotopic (exact) mass is 260 g/mol. The van der Waals surface area contributed by atoms with E-state index in [1.54, 1.807) is 18.2 Å². The highest BCUT2D eigenvalue weighted by molar-refractivity contribution is 5.85. The molecule has 1 atom stereocenters. The Morgan fingerprint density at radius 2 is 2.17 bits per heavy atom. The van der Waals surface area contributed by atoms with Gasteiger partial charge in [0.2, 0.25) is 5.89 Å². The van der Waals surface area contributed by atoms with E-state index >= 15 is 0 Å². The Hall–Kier alpha value is -1.76. The van der Waals surface area contributed by atoms with Crippen molar-refractivity contribution < 1.29 is 22.3 Å². The van der Waals surface area contributed by atoms with Gasteiger partial charge in [-0.05, 0) is 19.1 Å². The lowest BCUT2D eigenvalue weighted by molar-refractivity contribution is -0.218. The number of oxazole rings is 1. The van der Waals surface area contributed by atoms with Gasteiger partial charge >= 0.3 is 6.18 Å². The number of nitrogens with two attached hydrogens (primary N) is 1. The minimum absolute atomic E-state index is 0.0685. The van der Waals surface area contributed by atoms with Gasteiger partial charge < -0.3 is 14.9 Å². The Bertz CT molecular complexity index is 551. The first-order valence-corrected chi connectivity index (χ1v) is 5.20. The van der Waals surface area contributed by atoms with Crippen molar-refractivity contribution in [3.63, 3.8) is 0 Å². The molecule has 0 fully saturated rings. The van der Waals surface area contributed by atoms with Gasteiger partial charge in [0.15, 0.2) is 11.7 Å². The number of fused-ring (bicyclic) bond motifs is 1. The van der Waals surface area contributed by atoms with Crippen molar-refractivity contribution in [2.75, 3.05) is 5.73 Å². The maximum absolute atomic E-state index is 12.2. The number of hydrogen-bond acceptors (Lipinski definition) is 4. The highest BCUT2D eigenvalue weighted by Gasteiger charge is 2.37. The van der Waals surface area contributed by atoms with Crippen molar-refractivity contribution in [3.8, 4) is 0 Å². The number of ether oxygens (including phenoxy) is 1. The maximum atomic E-state index is 12.2. The number of anilines is 1. The van der Waals surface area contributed by atoms with E-state index in [-0.39, 0.29) is 12.5 Å². The molecule has 0 aliphatic rings. The molecule has 98 valence electrons. The quantitative estimate of drug-likeness (QED) is 0.862. The third-order valence-electron chi connectivity index (χ3n) is 2.41. The van der Waals surface area contributed by atoms with Crippen LogP contribution in [0.4, 0.5) is 18.9 Å². The van der Waals surface area contributed by atoms with Gasteiger partial charge in [0.25, 0.3) is 0 Å². The second-order valence-corrected chi connectivity index (χ2v) is 3.80. The molecule has 0 radical (unpaired) electrons. The third-order valence-corrected chi connectivity index (χ3v) is 2.41. The van der Waals surface area contributed by atoms with Crippen LogP contribution in [0.25, 0.3) is 11.1 Å². The van der Waals surface area contributed by atoms with Gasteiger partial charge in [-0.15, -0.1) is 0 Å². The Kier molecular flexibility index (Phi) is 3.16. The van der Waals surface area contributed by atoms with Crippen molar-refractivity contribution in [1.29, 1.82) is 0 Å². The molecule has 7 heteroatoms. The normalized spacial score (nSPS) is 14.0. The van der Waals surface area contributed by atoms with Crippen molar-refractivity contribution in [2.24, 2.45) is 0 Å². The Morgan fingerprint density at radius 3 is 2.78 bits per heavy atom. The molecule has 2 aromatic rings. The number of para-hydroxylation sites is 1.